The normalized spacial score (nSPS) is 10.5. The molecule has 0 N–H and O–H groups in total. The number of Topliss-reactive ketones (excluding diaryl/α,β-unsaturated/α-hetero) is 2. The average Bonchev–Trinajstić information content (AvgIpc) is 2.54. The molecule has 0 saturated carbocycles. The minimum absolute atomic E-state index is 0.429. The van der Waals surface area contributed by atoms with E-state index in [4.69, 9.17) is 0 Å². The minimum Gasteiger partial charge on any atom is -0.285 e. The largest absolute Gasteiger partial charge is 0.285 e. The molecule has 0 spiro atoms. The quantitative estimate of drug-likeness (QED) is 0.529. The summed E-state index contributed by atoms with van der Waals surface area (Å²) in [6.45, 7) is 1.94. The van der Waals surface area contributed by atoms with Crippen LogP contribution >= 0.6 is 0 Å². The molecule has 3 aromatic carbocycles. The van der Waals surface area contributed by atoms with E-state index in [1.165, 1.54) is 0 Å². The first kappa shape index (κ1) is 13.3. The Kier molecular flexibility index (Phi) is 3.36. The van der Waals surface area contributed by atoms with E-state index in [1.807, 2.05) is 49.4 Å². The highest BCUT2D eigenvalue weighted by atomic mass is 16.2. The molecule has 21 heavy (non-hydrogen) atoms. The average molecular weight is 274 g/mol. The second-order valence-electron chi connectivity index (χ2n) is 5.09. The maximum absolute atomic E-state index is 12.3. The molecule has 2 nitrogen and oxygen atoms in total. The van der Waals surface area contributed by atoms with Crippen molar-refractivity contribution >= 4 is 22.3 Å². The van der Waals surface area contributed by atoms with Gasteiger partial charge >= 0.3 is 0 Å². The smallest absolute Gasteiger partial charge is 0.233 e. The molecule has 0 heterocycles. The third kappa shape index (κ3) is 2.61. The molecule has 3 aromatic rings. The van der Waals surface area contributed by atoms with Gasteiger partial charge in [-0.2, -0.15) is 0 Å². The molecule has 0 amide bonds. The number of carbonyl (C=O) groups is 2. The summed E-state index contributed by atoms with van der Waals surface area (Å²) in [5.41, 5.74) is 1.92. The lowest BCUT2D eigenvalue weighted by Crippen LogP contribution is -2.14. The van der Waals surface area contributed by atoms with Gasteiger partial charge < -0.3 is 0 Å². The van der Waals surface area contributed by atoms with E-state index in [9.17, 15) is 9.59 Å². The number of ketones is 2. The van der Waals surface area contributed by atoms with Gasteiger partial charge in [-0.3, -0.25) is 9.59 Å². The van der Waals surface area contributed by atoms with Crippen molar-refractivity contribution in [2.45, 2.75) is 6.92 Å². The molecule has 0 fully saturated rings. The first-order chi connectivity index (χ1) is 10.1. The third-order valence-corrected chi connectivity index (χ3v) is 3.53. The van der Waals surface area contributed by atoms with E-state index in [0.29, 0.717) is 11.1 Å². The van der Waals surface area contributed by atoms with Crippen LogP contribution in [-0.4, -0.2) is 11.6 Å². The second-order valence-corrected chi connectivity index (χ2v) is 5.09. The number of carbonyl (C=O) groups excluding carboxylic acids is 2. The number of benzene rings is 3. The van der Waals surface area contributed by atoms with E-state index >= 15 is 0 Å². The van der Waals surface area contributed by atoms with Crippen LogP contribution < -0.4 is 0 Å². The van der Waals surface area contributed by atoms with Crippen LogP contribution in [0, 0.1) is 6.92 Å². The number of hydrogen-bond acceptors (Lipinski definition) is 2. The Morgan fingerprint density at radius 1 is 0.667 bits per heavy atom. The summed E-state index contributed by atoms with van der Waals surface area (Å²) in [6.07, 6.45) is 0. The highest BCUT2D eigenvalue weighted by Gasteiger charge is 2.18. The van der Waals surface area contributed by atoms with Crippen molar-refractivity contribution in [1.82, 2.24) is 0 Å². The topological polar surface area (TPSA) is 34.1 Å². The Balaban J connectivity index is 1.96. The molecule has 0 atom stereocenters. The molecular weight excluding hydrogens is 260 g/mol. The summed E-state index contributed by atoms with van der Waals surface area (Å²) in [5, 5.41) is 2.01. The zero-order valence-electron chi connectivity index (χ0n) is 11.7. The SMILES string of the molecule is Cc1ccc(C(=O)C(=O)c2ccc3ccccc3c2)cc1. The van der Waals surface area contributed by atoms with Gasteiger partial charge in [0.1, 0.15) is 0 Å². The van der Waals surface area contributed by atoms with Gasteiger partial charge in [-0.05, 0) is 23.8 Å². The monoisotopic (exact) mass is 274 g/mol. The van der Waals surface area contributed by atoms with Gasteiger partial charge in [-0.25, -0.2) is 0 Å². The molecule has 0 saturated heterocycles. The summed E-state index contributed by atoms with van der Waals surface area (Å²) < 4.78 is 0. The van der Waals surface area contributed by atoms with Crippen LogP contribution in [0.3, 0.4) is 0 Å². The maximum Gasteiger partial charge on any atom is 0.233 e. The van der Waals surface area contributed by atoms with Crippen molar-refractivity contribution in [3.8, 4) is 0 Å². The summed E-state index contributed by atoms with van der Waals surface area (Å²) in [5.74, 6) is -0.935. The zero-order valence-corrected chi connectivity index (χ0v) is 11.7. The fourth-order valence-corrected chi connectivity index (χ4v) is 2.30. The fourth-order valence-electron chi connectivity index (χ4n) is 2.30. The highest BCUT2D eigenvalue weighted by molar-refractivity contribution is 6.49. The van der Waals surface area contributed by atoms with Crippen molar-refractivity contribution in [3.05, 3.63) is 83.4 Å². The van der Waals surface area contributed by atoms with Gasteiger partial charge in [-0.15, -0.1) is 0 Å². The molecule has 0 radical (unpaired) electrons. The zero-order chi connectivity index (χ0) is 14.8. The molecule has 102 valence electrons. The lowest BCUT2D eigenvalue weighted by Gasteiger charge is -2.03. The Morgan fingerprint density at radius 2 is 1.24 bits per heavy atom. The maximum atomic E-state index is 12.3. The molecule has 0 aromatic heterocycles. The summed E-state index contributed by atoms with van der Waals surface area (Å²) in [4.78, 5) is 24.6. The van der Waals surface area contributed by atoms with Gasteiger partial charge in [0.25, 0.3) is 0 Å². The molecule has 0 aliphatic rings. The molecule has 0 aliphatic carbocycles. The molecule has 3 rings (SSSR count). The van der Waals surface area contributed by atoms with E-state index in [2.05, 4.69) is 0 Å². The molecule has 0 bridgehead atoms. The van der Waals surface area contributed by atoms with Crippen LogP contribution in [0.15, 0.2) is 66.7 Å². The van der Waals surface area contributed by atoms with Crippen molar-refractivity contribution in [3.63, 3.8) is 0 Å². The van der Waals surface area contributed by atoms with Crippen molar-refractivity contribution in [2.24, 2.45) is 0 Å². The molecule has 2 heteroatoms. The standard InChI is InChI=1S/C19H14O2/c1-13-6-8-15(9-7-13)18(20)19(21)17-11-10-14-4-2-3-5-16(14)12-17/h2-12H,1H3. The van der Waals surface area contributed by atoms with Crippen LogP contribution in [0.2, 0.25) is 0 Å². The van der Waals surface area contributed by atoms with Gasteiger partial charge in [0.15, 0.2) is 0 Å². The third-order valence-electron chi connectivity index (χ3n) is 3.53. The molecule has 0 aliphatic heterocycles. The Morgan fingerprint density at radius 3 is 1.95 bits per heavy atom. The van der Waals surface area contributed by atoms with Crippen LogP contribution in [0.4, 0.5) is 0 Å². The summed E-state index contributed by atoms with van der Waals surface area (Å²) >= 11 is 0. The van der Waals surface area contributed by atoms with Gasteiger partial charge in [0, 0.05) is 11.1 Å². The first-order valence-corrected chi connectivity index (χ1v) is 6.79. The predicted molar refractivity (Wildman–Crippen MR) is 83.8 cm³/mol. The summed E-state index contributed by atoms with van der Waals surface area (Å²) in [6, 6.07) is 20.2. The van der Waals surface area contributed by atoms with Gasteiger partial charge in [0.05, 0.1) is 0 Å². The fraction of sp³-hybridized carbons (Fsp3) is 0.0526. The number of fused-ring (bicyclic) bond motifs is 1. The van der Waals surface area contributed by atoms with Gasteiger partial charge in [0.2, 0.25) is 11.6 Å². The molecule has 0 unspecified atom stereocenters. The van der Waals surface area contributed by atoms with Crippen molar-refractivity contribution < 1.29 is 9.59 Å². The minimum atomic E-state index is -0.468. The number of hydrogen-bond donors (Lipinski definition) is 0. The lowest BCUT2D eigenvalue weighted by molar-refractivity contribution is 0.0817. The Bertz CT molecular complexity index is 830. The lowest BCUT2D eigenvalue weighted by atomic mass is 9.98. The van der Waals surface area contributed by atoms with E-state index < -0.39 is 11.6 Å². The number of rotatable bonds is 3. The van der Waals surface area contributed by atoms with Gasteiger partial charge in [-0.1, -0.05) is 66.2 Å². The van der Waals surface area contributed by atoms with Crippen LogP contribution in [0.25, 0.3) is 10.8 Å². The van der Waals surface area contributed by atoms with Crippen LogP contribution in [0.5, 0.6) is 0 Å². The van der Waals surface area contributed by atoms with E-state index in [1.54, 1.807) is 24.3 Å². The number of aryl methyl sites for hydroxylation is 1. The molecular formula is C19H14O2. The highest BCUT2D eigenvalue weighted by Crippen LogP contribution is 2.17. The van der Waals surface area contributed by atoms with Crippen LogP contribution in [0.1, 0.15) is 26.3 Å². The van der Waals surface area contributed by atoms with Crippen molar-refractivity contribution in [1.29, 1.82) is 0 Å². The Labute approximate surface area is 123 Å². The van der Waals surface area contributed by atoms with E-state index in [-0.39, 0.29) is 0 Å². The second kappa shape index (κ2) is 5.33. The first-order valence-electron chi connectivity index (χ1n) is 6.79. The Hall–Kier alpha value is -2.74. The van der Waals surface area contributed by atoms with Crippen LogP contribution in [-0.2, 0) is 0 Å². The predicted octanol–water partition coefficient (Wildman–Crippen LogP) is 4.21. The van der Waals surface area contributed by atoms with Crippen molar-refractivity contribution in [2.75, 3.05) is 0 Å². The van der Waals surface area contributed by atoms with E-state index in [0.717, 1.165) is 16.3 Å². The summed E-state index contributed by atoms with van der Waals surface area (Å²) in [7, 11) is 0.